The Labute approximate surface area is 145 Å². The van der Waals surface area contributed by atoms with Gasteiger partial charge in [-0.05, 0) is 31.3 Å². The van der Waals surface area contributed by atoms with Crippen LogP contribution in [0.25, 0.3) is 0 Å². The second-order valence-corrected chi connectivity index (χ2v) is 5.71. The normalized spacial score (nSPS) is 16.9. The molecule has 0 aliphatic carbocycles. The molecule has 1 aromatic carbocycles. The molecule has 0 bridgehead atoms. The molecule has 0 saturated carbocycles. The van der Waals surface area contributed by atoms with Gasteiger partial charge in [0, 0.05) is 13.2 Å². The van der Waals surface area contributed by atoms with Crippen LogP contribution in [-0.4, -0.2) is 42.8 Å². The number of carbonyl (C=O) groups is 2. The second kappa shape index (κ2) is 8.46. The largest absolute Gasteiger partial charge is 0.478 e. The van der Waals surface area contributed by atoms with Crippen LogP contribution in [0.5, 0.6) is 5.75 Å². The van der Waals surface area contributed by atoms with Gasteiger partial charge < -0.3 is 20.1 Å². The zero-order valence-electron chi connectivity index (χ0n) is 13.4. The molecular weight excluding hydrogens is 332 g/mol. The molecule has 0 unspecified atom stereocenters. The minimum Gasteiger partial charge on any atom is -0.478 e. The minimum atomic E-state index is -0.893. The first-order valence-electron chi connectivity index (χ1n) is 7.40. The Morgan fingerprint density at radius 2 is 2.17 bits per heavy atom. The average Bonchev–Trinajstić information content (AvgIpc) is 2.54. The van der Waals surface area contributed by atoms with Gasteiger partial charge in [-0.15, -0.1) is 0 Å². The lowest BCUT2D eigenvalue weighted by Gasteiger charge is -2.25. The monoisotopic (exact) mass is 352 g/mol. The van der Waals surface area contributed by atoms with Gasteiger partial charge in [-0.3, -0.25) is 20.4 Å². The van der Waals surface area contributed by atoms with Crippen LogP contribution >= 0.6 is 12.2 Å². The van der Waals surface area contributed by atoms with E-state index in [1.807, 2.05) is 6.92 Å². The van der Waals surface area contributed by atoms with Crippen LogP contribution in [0, 0.1) is 0 Å². The summed E-state index contributed by atoms with van der Waals surface area (Å²) < 4.78 is 10.5. The second-order valence-electron chi connectivity index (χ2n) is 5.30. The molecule has 1 aromatic rings. The van der Waals surface area contributed by atoms with Crippen molar-refractivity contribution in [3.05, 3.63) is 24.3 Å². The predicted molar refractivity (Wildman–Crippen MR) is 92.5 cm³/mol. The van der Waals surface area contributed by atoms with E-state index < -0.39 is 12.0 Å². The Kier molecular flexibility index (Phi) is 6.33. The average molecular weight is 352 g/mol. The van der Waals surface area contributed by atoms with Crippen LogP contribution in [0.3, 0.4) is 0 Å². The number of anilines is 1. The third-order valence-electron chi connectivity index (χ3n) is 3.19. The molecule has 0 radical (unpaired) electrons. The number of methoxy groups -OCH3 is 1. The van der Waals surface area contributed by atoms with Crippen LogP contribution in [0.2, 0.25) is 0 Å². The Balaban J connectivity index is 1.78. The highest BCUT2D eigenvalue weighted by Gasteiger charge is 2.29. The number of para-hydroxylation sites is 2. The molecule has 2 amide bonds. The van der Waals surface area contributed by atoms with E-state index in [1.165, 1.54) is 0 Å². The van der Waals surface area contributed by atoms with Gasteiger partial charge in [0.1, 0.15) is 5.75 Å². The highest BCUT2D eigenvalue weighted by Crippen LogP contribution is 2.29. The zero-order valence-corrected chi connectivity index (χ0v) is 14.2. The summed E-state index contributed by atoms with van der Waals surface area (Å²) in [6, 6.07) is 7.04. The van der Waals surface area contributed by atoms with Crippen LogP contribution in [0.1, 0.15) is 13.3 Å². The van der Waals surface area contributed by atoms with E-state index in [0.717, 1.165) is 0 Å². The van der Waals surface area contributed by atoms with Gasteiger partial charge in [0.25, 0.3) is 5.91 Å². The number of fused-ring (bicyclic) bond motifs is 1. The summed E-state index contributed by atoms with van der Waals surface area (Å²) in [7, 11) is 1.59. The van der Waals surface area contributed by atoms with Crippen molar-refractivity contribution in [3.8, 4) is 5.75 Å². The van der Waals surface area contributed by atoms with Crippen molar-refractivity contribution in [2.45, 2.75) is 25.5 Å². The topological polar surface area (TPSA) is 101 Å². The van der Waals surface area contributed by atoms with Crippen molar-refractivity contribution < 1.29 is 19.1 Å². The van der Waals surface area contributed by atoms with Gasteiger partial charge in [0.2, 0.25) is 5.91 Å². The van der Waals surface area contributed by atoms with Crippen molar-refractivity contribution in [1.29, 1.82) is 0 Å². The van der Waals surface area contributed by atoms with Gasteiger partial charge in [-0.25, -0.2) is 0 Å². The molecule has 130 valence electrons. The fourth-order valence-corrected chi connectivity index (χ4v) is 2.38. The molecule has 2 rings (SSSR count). The maximum Gasteiger partial charge on any atom is 0.266 e. The van der Waals surface area contributed by atoms with Gasteiger partial charge in [0.15, 0.2) is 11.2 Å². The van der Waals surface area contributed by atoms with Crippen LogP contribution in [0.4, 0.5) is 5.69 Å². The lowest BCUT2D eigenvalue weighted by Crippen LogP contribution is -2.51. The first-order valence-corrected chi connectivity index (χ1v) is 7.81. The van der Waals surface area contributed by atoms with Crippen molar-refractivity contribution in [3.63, 3.8) is 0 Å². The quantitative estimate of drug-likeness (QED) is 0.447. The summed E-state index contributed by atoms with van der Waals surface area (Å²) in [6.07, 6.45) is -1.03. The van der Waals surface area contributed by atoms with E-state index in [9.17, 15) is 9.59 Å². The smallest absolute Gasteiger partial charge is 0.266 e. The van der Waals surface area contributed by atoms with Gasteiger partial charge in [0.05, 0.1) is 18.7 Å². The number of nitrogens with one attached hydrogen (secondary N) is 4. The number of amides is 2. The number of hydrogen-bond donors (Lipinski definition) is 4. The molecule has 1 aliphatic heterocycles. The molecular formula is C15H20N4O4S. The highest BCUT2D eigenvalue weighted by atomic mass is 32.1. The summed E-state index contributed by atoms with van der Waals surface area (Å²) in [5.74, 6) is -0.246. The molecule has 0 fully saturated rings. The standard InChI is InChI=1S/C15H20N4O4S/c1-9(8-22-2)16-15(24)19-18-13(20)7-12-14(21)17-10-5-3-4-6-11(10)23-12/h3-6,9,12H,7-8H2,1-2H3,(H,17,21)(H,18,20)(H2,16,19,24)/t9-,12-/m0/s1. The summed E-state index contributed by atoms with van der Waals surface area (Å²) in [4.78, 5) is 23.9. The molecule has 1 aliphatic rings. The van der Waals surface area contributed by atoms with E-state index in [0.29, 0.717) is 18.0 Å². The van der Waals surface area contributed by atoms with Crippen LogP contribution in [-0.2, 0) is 14.3 Å². The molecule has 8 nitrogen and oxygen atoms in total. The van der Waals surface area contributed by atoms with Crippen LogP contribution in [0.15, 0.2) is 24.3 Å². The molecule has 1 heterocycles. The number of hydrazine groups is 1. The fraction of sp³-hybridized carbons (Fsp3) is 0.400. The van der Waals surface area contributed by atoms with Crippen molar-refractivity contribution in [1.82, 2.24) is 16.2 Å². The molecule has 0 spiro atoms. The van der Waals surface area contributed by atoms with Gasteiger partial charge >= 0.3 is 0 Å². The Hall–Kier alpha value is -2.39. The Morgan fingerprint density at radius 3 is 2.92 bits per heavy atom. The first-order chi connectivity index (χ1) is 11.5. The lowest BCUT2D eigenvalue weighted by atomic mass is 10.1. The predicted octanol–water partition coefficient (Wildman–Crippen LogP) is 0.306. The first kappa shape index (κ1) is 18.0. The minimum absolute atomic E-state index is 0.00383. The Bertz CT molecular complexity index is 625. The molecule has 4 N–H and O–H groups in total. The summed E-state index contributed by atoms with van der Waals surface area (Å²) in [6.45, 7) is 2.36. The molecule has 0 saturated heterocycles. The number of thiocarbonyl (C=S) groups is 1. The number of benzene rings is 1. The maximum absolute atomic E-state index is 12.0. The molecule has 0 aromatic heterocycles. The summed E-state index contributed by atoms with van der Waals surface area (Å²) in [5, 5.41) is 5.89. The number of rotatable bonds is 5. The summed E-state index contributed by atoms with van der Waals surface area (Å²) >= 11 is 5.04. The Morgan fingerprint density at radius 1 is 1.42 bits per heavy atom. The molecule has 24 heavy (non-hydrogen) atoms. The fourth-order valence-electron chi connectivity index (χ4n) is 2.12. The van der Waals surface area contributed by atoms with E-state index in [-0.39, 0.29) is 23.5 Å². The van der Waals surface area contributed by atoms with Crippen LogP contribution < -0.4 is 26.2 Å². The van der Waals surface area contributed by atoms with E-state index in [1.54, 1.807) is 31.4 Å². The number of ether oxygens (including phenoxy) is 2. The highest BCUT2D eigenvalue weighted by molar-refractivity contribution is 7.80. The van der Waals surface area contributed by atoms with Crippen molar-refractivity contribution in [2.24, 2.45) is 0 Å². The third-order valence-corrected chi connectivity index (χ3v) is 3.41. The van der Waals surface area contributed by atoms with Crippen molar-refractivity contribution in [2.75, 3.05) is 19.0 Å². The van der Waals surface area contributed by atoms with E-state index >= 15 is 0 Å². The van der Waals surface area contributed by atoms with Gasteiger partial charge in [-0.1, -0.05) is 12.1 Å². The summed E-state index contributed by atoms with van der Waals surface area (Å²) in [5.41, 5.74) is 5.59. The van der Waals surface area contributed by atoms with E-state index in [4.69, 9.17) is 21.7 Å². The van der Waals surface area contributed by atoms with E-state index in [2.05, 4.69) is 21.5 Å². The maximum atomic E-state index is 12.0. The van der Waals surface area contributed by atoms with Gasteiger partial charge in [-0.2, -0.15) is 0 Å². The number of hydrogen-bond acceptors (Lipinski definition) is 5. The third kappa shape index (κ3) is 5.07. The molecule has 9 heteroatoms. The van der Waals surface area contributed by atoms with Crippen molar-refractivity contribution >= 4 is 34.8 Å². The number of carbonyl (C=O) groups excluding carboxylic acids is 2. The zero-order chi connectivity index (χ0) is 17.5. The SMILES string of the molecule is COC[C@H](C)NC(=S)NNC(=O)C[C@@H]1Oc2ccccc2NC1=O. The molecule has 2 atom stereocenters. The lowest BCUT2D eigenvalue weighted by molar-refractivity contribution is -0.130.